The van der Waals surface area contributed by atoms with E-state index >= 15 is 0 Å². The molecule has 2 rings (SSSR count). The van der Waals surface area contributed by atoms with Crippen molar-refractivity contribution in [2.75, 3.05) is 39.4 Å². The zero-order valence-corrected chi connectivity index (χ0v) is 12.4. The monoisotopic (exact) mass is 297 g/mol. The van der Waals surface area contributed by atoms with Gasteiger partial charge >= 0.3 is 0 Å². The highest BCUT2D eigenvalue weighted by Gasteiger charge is 2.33. The summed E-state index contributed by atoms with van der Waals surface area (Å²) in [4.78, 5) is 38.9. The Labute approximate surface area is 124 Å². The lowest BCUT2D eigenvalue weighted by Gasteiger charge is -2.29. The van der Waals surface area contributed by atoms with Gasteiger partial charge in [0.1, 0.15) is 0 Å². The summed E-state index contributed by atoms with van der Waals surface area (Å²) in [6, 6.07) is 0. The molecule has 7 nitrogen and oxygen atoms in total. The third-order valence-corrected chi connectivity index (χ3v) is 4.25. The molecule has 7 heteroatoms. The molecular weight excluding hydrogens is 274 g/mol. The Kier molecular flexibility index (Phi) is 5.17. The van der Waals surface area contributed by atoms with E-state index in [0.29, 0.717) is 52.2 Å². The van der Waals surface area contributed by atoms with Gasteiger partial charge in [0, 0.05) is 52.2 Å². The minimum Gasteiger partial charge on any atom is -0.381 e. The number of hydrogen-bond acceptors (Lipinski definition) is 4. The maximum Gasteiger partial charge on any atom is 0.225 e. The molecule has 2 saturated heterocycles. The second kappa shape index (κ2) is 6.89. The zero-order chi connectivity index (χ0) is 15.4. The Morgan fingerprint density at radius 3 is 2.14 bits per heavy atom. The number of carbonyl (C=O) groups is 3. The van der Waals surface area contributed by atoms with Gasteiger partial charge in [0.25, 0.3) is 0 Å². The molecule has 0 aromatic heterocycles. The van der Waals surface area contributed by atoms with Crippen LogP contribution in [0.15, 0.2) is 0 Å². The van der Waals surface area contributed by atoms with Crippen LogP contribution in [-0.4, -0.2) is 66.9 Å². The maximum absolute atomic E-state index is 12.6. The van der Waals surface area contributed by atoms with Gasteiger partial charge in [-0.05, 0) is 12.8 Å². The average Bonchev–Trinajstić information content (AvgIpc) is 2.70. The fourth-order valence-electron chi connectivity index (χ4n) is 2.88. The van der Waals surface area contributed by atoms with Gasteiger partial charge in [-0.15, -0.1) is 0 Å². The molecule has 0 unspecified atom stereocenters. The number of primary amides is 1. The van der Waals surface area contributed by atoms with Gasteiger partial charge in [-0.25, -0.2) is 0 Å². The fourth-order valence-corrected chi connectivity index (χ4v) is 2.88. The van der Waals surface area contributed by atoms with Gasteiger partial charge in [-0.1, -0.05) is 0 Å². The highest BCUT2D eigenvalue weighted by Crippen LogP contribution is 2.20. The summed E-state index contributed by atoms with van der Waals surface area (Å²) in [5.74, 6) is -1.05. The molecule has 2 fully saturated rings. The van der Waals surface area contributed by atoms with Crippen LogP contribution in [0.5, 0.6) is 0 Å². The Morgan fingerprint density at radius 1 is 1.00 bits per heavy atom. The molecule has 2 N–H and O–H groups in total. The van der Waals surface area contributed by atoms with Crippen LogP contribution in [0.4, 0.5) is 0 Å². The van der Waals surface area contributed by atoms with Crippen LogP contribution < -0.4 is 5.73 Å². The van der Waals surface area contributed by atoms with Gasteiger partial charge < -0.3 is 20.3 Å². The van der Waals surface area contributed by atoms with E-state index in [-0.39, 0.29) is 17.7 Å². The molecule has 0 aromatic carbocycles. The Morgan fingerprint density at radius 2 is 1.57 bits per heavy atom. The second-order valence-electron chi connectivity index (χ2n) is 5.74. The van der Waals surface area contributed by atoms with Crippen molar-refractivity contribution >= 4 is 17.7 Å². The molecule has 0 aliphatic carbocycles. The average molecular weight is 297 g/mol. The quantitative estimate of drug-likeness (QED) is 0.722. The molecule has 1 atom stereocenters. The van der Waals surface area contributed by atoms with Crippen LogP contribution in [0.1, 0.15) is 19.8 Å². The Bertz CT molecular complexity index is 420. The summed E-state index contributed by atoms with van der Waals surface area (Å²) in [6.07, 6.45) is 1.43. The molecule has 21 heavy (non-hydrogen) atoms. The summed E-state index contributed by atoms with van der Waals surface area (Å²) in [6.45, 7) is 4.17. The van der Waals surface area contributed by atoms with Gasteiger partial charge in [0.05, 0.1) is 5.92 Å². The number of carbonyl (C=O) groups excluding carboxylic acids is 3. The molecular formula is C14H23N3O4. The first kappa shape index (κ1) is 15.8. The molecule has 0 saturated carbocycles. The highest BCUT2D eigenvalue weighted by atomic mass is 16.5. The van der Waals surface area contributed by atoms with E-state index < -0.39 is 11.8 Å². The summed E-state index contributed by atoms with van der Waals surface area (Å²) in [5.41, 5.74) is 5.40. The molecule has 0 bridgehead atoms. The molecule has 2 aliphatic heterocycles. The van der Waals surface area contributed by atoms with E-state index in [1.165, 1.54) is 6.92 Å². The van der Waals surface area contributed by atoms with E-state index in [1.807, 2.05) is 0 Å². The molecule has 0 radical (unpaired) electrons. The highest BCUT2D eigenvalue weighted by molar-refractivity contribution is 5.82. The molecule has 3 amide bonds. The number of hydrogen-bond donors (Lipinski definition) is 1. The van der Waals surface area contributed by atoms with E-state index in [0.717, 1.165) is 0 Å². The SMILES string of the molecule is CC(=O)N1CCN(C(=O)C2CCOCC2)C[C@@H](C(N)=O)C1. The molecule has 0 spiro atoms. The van der Waals surface area contributed by atoms with Crippen LogP contribution in [0.2, 0.25) is 0 Å². The summed E-state index contributed by atoms with van der Waals surface area (Å²) in [5, 5.41) is 0. The summed E-state index contributed by atoms with van der Waals surface area (Å²) < 4.78 is 5.27. The smallest absolute Gasteiger partial charge is 0.225 e. The van der Waals surface area contributed by atoms with Crippen LogP contribution >= 0.6 is 0 Å². The first-order chi connectivity index (χ1) is 9.99. The first-order valence-corrected chi connectivity index (χ1v) is 7.40. The first-order valence-electron chi connectivity index (χ1n) is 7.40. The molecule has 2 aliphatic rings. The van der Waals surface area contributed by atoms with E-state index in [9.17, 15) is 14.4 Å². The largest absolute Gasteiger partial charge is 0.381 e. The van der Waals surface area contributed by atoms with Crippen molar-refractivity contribution in [3.05, 3.63) is 0 Å². The number of rotatable bonds is 2. The van der Waals surface area contributed by atoms with Crippen molar-refractivity contribution in [2.45, 2.75) is 19.8 Å². The topological polar surface area (TPSA) is 92.9 Å². The maximum atomic E-state index is 12.6. The normalized spacial score (nSPS) is 24.5. The number of nitrogens with zero attached hydrogens (tertiary/aromatic N) is 2. The van der Waals surface area contributed by atoms with Gasteiger partial charge in [0.2, 0.25) is 17.7 Å². The predicted octanol–water partition coefficient (Wildman–Crippen LogP) is -0.795. The molecule has 118 valence electrons. The van der Waals surface area contributed by atoms with Crippen molar-refractivity contribution in [3.63, 3.8) is 0 Å². The molecule has 2 heterocycles. The van der Waals surface area contributed by atoms with Gasteiger partial charge in [-0.3, -0.25) is 14.4 Å². The Hall–Kier alpha value is -1.63. The standard InChI is InChI=1S/C14H23N3O4/c1-10(18)16-4-5-17(9-12(8-16)13(15)19)14(20)11-2-6-21-7-3-11/h11-12H,2-9H2,1H3,(H2,15,19)/t12-/m0/s1. The third-order valence-electron chi connectivity index (χ3n) is 4.25. The zero-order valence-electron chi connectivity index (χ0n) is 12.4. The van der Waals surface area contributed by atoms with Crippen molar-refractivity contribution < 1.29 is 19.1 Å². The number of nitrogens with two attached hydrogens (primary N) is 1. The van der Waals surface area contributed by atoms with Gasteiger partial charge in [-0.2, -0.15) is 0 Å². The van der Waals surface area contributed by atoms with E-state index in [4.69, 9.17) is 10.5 Å². The van der Waals surface area contributed by atoms with Crippen LogP contribution in [0.3, 0.4) is 0 Å². The van der Waals surface area contributed by atoms with Gasteiger partial charge in [0.15, 0.2) is 0 Å². The number of amides is 3. The lowest BCUT2D eigenvalue weighted by Crippen LogP contribution is -2.43. The van der Waals surface area contributed by atoms with Crippen LogP contribution in [0.25, 0.3) is 0 Å². The van der Waals surface area contributed by atoms with Crippen molar-refractivity contribution in [2.24, 2.45) is 17.6 Å². The van der Waals surface area contributed by atoms with Crippen molar-refractivity contribution in [1.29, 1.82) is 0 Å². The lowest BCUT2D eigenvalue weighted by molar-refractivity contribution is -0.139. The van der Waals surface area contributed by atoms with Crippen molar-refractivity contribution in [3.8, 4) is 0 Å². The van der Waals surface area contributed by atoms with E-state index in [2.05, 4.69) is 0 Å². The Balaban J connectivity index is 2.06. The lowest BCUT2D eigenvalue weighted by atomic mass is 9.98. The minimum absolute atomic E-state index is 0.0452. The minimum atomic E-state index is -0.500. The second-order valence-corrected chi connectivity index (χ2v) is 5.74. The number of ether oxygens (including phenoxy) is 1. The summed E-state index contributed by atoms with van der Waals surface area (Å²) >= 11 is 0. The van der Waals surface area contributed by atoms with E-state index in [1.54, 1.807) is 9.80 Å². The van der Waals surface area contributed by atoms with Crippen LogP contribution in [-0.2, 0) is 19.1 Å². The predicted molar refractivity (Wildman–Crippen MR) is 75.1 cm³/mol. The summed E-state index contributed by atoms with van der Waals surface area (Å²) in [7, 11) is 0. The fraction of sp³-hybridized carbons (Fsp3) is 0.786. The third kappa shape index (κ3) is 3.93. The van der Waals surface area contributed by atoms with Crippen molar-refractivity contribution in [1.82, 2.24) is 9.80 Å². The molecule has 0 aromatic rings. The van der Waals surface area contributed by atoms with Crippen LogP contribution in [0, 0.1) is 11.8 Å².